The number of thiazole rings is 1. The van der Waals surface area contributed by atoms with Crippen LogP contribution < -0.4 is 5.32 Å². The highest BCUT2D eigenvalue weighted by molar-refractivity contribution is 7.14. The minimum Gasteiger partial charge on any atom is -0.367 e. The Balaban J connectivity index is 1.74. The zero-order valence-electron chi connectivity index (χ0n) is 13.6. The number of rotatable bonds is 3. The van der Waals surface area contributed by atoms with Gasteiger partial charge in [-0.1, -0.05) is 30.3 Å². The Bertz CT molecular complexity index is 732. The molecule has 0 unspecified atom stereocenters. The molecule has 0 spiro atoms. The van der Waals surface area contributed by atoms with Gasteiger partial charge in [-0.2, -0.15) is 0 Å². The van der Waals surface area contributed by atoms with Crippen LogP contribution in [0, 0.1) is 0 Å². The number of carbonyl (C=O) groups excluding carboxylic acids is 2. The van der Waals surface area contributed by atoms with Gasteiger partial charge in [-0.15, -0.1) is 11.3 Å². The van der Waals surface area contributed by atoms with E-state index >= 15 is 0 Å². The molecule has 2 heterocycles. The van der Waals surface area contributed by atoms with E-state index in [4.69, 9.17) is 4.74 Å². The largest absolute Gasteiger partial charge is 0.367 e. The summed E-state index contributed by atoms with van der Waals surface area (Å²) in [4.78, 5) is 29.8. The molecule has 1 fully saturated rings. The number of carbonyl (C=O) groups is 2. The highest BCUT2D eigenvalue weighted by Gasteiger charge is 2.30. The van der Waals surface area contributed by atoms with Gasteiger partial charge < -0.3 is 15.0 Å². The average molecular weight is 345 g/mol. The van der Waals surface area contributed by atoms with Crippen LogP contribution in [0.3, 0.4) is 0 Å². The van der Waals surface area contributed by atoms with E-state index in [9.17, 15) is 9.59 Å². The molecule has 1 N–H and O–H groups in total. The van der Waals surface area contributed by atoms with E-state index in [1.165, 1.54) is 18.3 Å². The predicted octanol–water partition coefficient (Wildman–Crippen LogP) is 2.70. The number of nitrogens with one attached hydrogen (secondary N) is 1. The number of hydrogen-bond donors (Lipinski definition) is 1. The zero-order valence-corrected chi connectivity index (χ0v) is 14.4. The van der Waals surface area contributed by atoms with Gasteiger partial charge >= 0.3 is 0 Å². The lowest BCUT2D eigenvalue weighted by Gasteiger charge is -2.36. The van der Waals surface area contributed by atoms with Crippen LogP contribution in [0.2, 0.25) is 0 Å². The van der Waals surface area contributed by atoms with Crippen molar-refractivity contribution >= 4 is 28.3 Å². The van der Waals surface area contributed by atoms with Crippen LogP contribution in [0.4, 0.5) is 5.13 Å². The number of hydrogen-bond acceptors (Lipinski definition) is 5. The van der Waals surface area contributed by atoms with Crippen molar-refractivity contribution < 1.29 is 14.3 Å². The third-order valence-corrected chi connectivity index (χ3v) is 4.48. The van der Waals surface area contributed by atoms with Gasteiger partial charge in [-0.25, -0.2) is 4.98 Å². The summed E-state index contributed by atoms with van der Waals surface area (Å²) in [5.74, 6) is -0.341. The molecule has 0 saturated carbocycles. The first kappa shape index (κ1) is 16.6. The zero-order chi connectivity index (χ0) is 17.1. The molecular formula is C17H19N3O3S. The highest BCUT2D eigenvalue weighted by atomic mass is 32.1. The van der Waals surface area contributed by atoms with Gasteiger partial charge in [0.2, 0.25) is 5.91 Å². The summed E-state index contributed by atoms with van der Waals surface area (Å²) in [5.41, 5.74) is 1.41. The molecule has 2 amide bonds. The van der Waals surface area contributed by atoms with Crippen molar-refractivity contribution in [3.05, 3.63) is 47.0 Å². The molecule has 0 bridgehead atoms. The van der Waals surface area contributed by atoms with Gasteiger partial charge in [0, 0.05) is 18.8 Å². The SMILES string of the molecule is CC(=O)Nc1nc(C(=O)N2C[C@@H](c3ccccc3)O[C@@H](C)C2)cs1. The quantitative estimate of drug-likeness (QED) is 0.928. The van der Waals surface area contributed by atoms with Crippen LogP contribution >= 0.6 is 11.3 Å². The molecule has 6 nitrogen and oxygen atoms in total. The number of anilines is 1. The Morgan fingerprint density at radius 2 is 2.04 bits per heavy atom. The molecule has 2 aromatic rings. The summed E-state index contributed by atoms with van der Waals surface area (Å²) >= 11 is 1.25. The molecule has 1 aromatic heterocycles. The third kappa shape index (κ3) is 3.80. The van der Waals surface area contributed by atoms with Crippen LogP contribution in [0.25, 0.3) is 0 Å². The summed E-state index contributed by atoms with van der Waals surface area (Å²) < 4.78 is 5.98. The van der Waals surface area contributed by atoms with Crippen molar-refractivity contribution in [1.82, 2.24) is 9.88 Å². The van der Waals surface area contributed by atoms with Crippen molar-refractivity contribution in [3.8, 4) is 0 Å². The molecule has 126 valence electrons. The maximum Gasteiger partial charge on any atom is 0.273 e. The lowest BCUT2D eigenvalue weighted by atomic mass is 10.1. The Kier molecular flexibility index (Phi) is 4.92. The van der Waals surface area contributed by atoms with Crippen molar-refractivity contribution in [2.75, 3.05) is 18.4 Å². The molecule has 0 radical (unpaired) electrons. The Labute approximate surface area is 144 Å². The average Bonchev–Trinajstić information content (AvgIpc) is 3.02. The first-order chi connectivity index (χ1) is 11.5. The topological polar surface area (TPSA) is 71.5 Å². The second-order valence-corrected chi connectivity index (χ2v) is 6.63. The van der Waals surface area contributed by atoms with E-state index in [1.807, 2.05) is 37.3 Å². The fourth-order valence-electron chi connectivity index (χ4n) is 2.71. The van der Waals surface area contributed by atoms with Crippen molar-refractivity contribution in [3.63, 3.8) is 0 Å². The normalized spacial score (nSPS) is 20.7. The Morgan fingerprint density at radius 3 is 2.75 bits per heavy atom. The minimum absolute atomic E-state index is 0.0543. The van der Waals surface area contributed by atoms with Crippen LogP contribution in [0.15, 0.2) is 35.7 Å². The van der Waals surface area contributed by atoms with Gasteiger partial charge in [-0.05, 0) is 12.5 Å². The molecule has 1 aliphatic rings. The fourth-order valence-corrected chi connectivity index (χ4v) is 3.44. The van der Waals surface area contributed by atoms with Crippen LogP contribution in [0.1, 0.15) is 36.0 Å². The van der Waals surface area contributed by atoms with Crippen LogP contribution in [-0.2, 0) is 9.53 Å². The molecule has 1 aromatic carbocycles. The highest BCUT2D eigenvalue weighted by Crippen LogP contribution is 2.26. The number of morpholine rings is 1. The second kappa shape index (κ2) is 7.11. The number of benzene rings is 1. The summed E-state index contributed by atoms with van der Waals surface area (Å²) in [5, 5.41) is 4.71. The van der Waals surface area contributed by atoms with Crippen molar-refractivity contribution in [2.24, 2.45) is 0 Å². The molecule has 24 heavy (non-hydrogen) atoms. The third-order valence-electron chi connectivity index (χ3n) is 3.73. The van der Waals surface area contributed by atoms with Crippen molar-refractivity contribution in [2.45, 2.75) is 26.1 Å². The van der Waals surface area contributed by atoms with E-state index in [-0.39, 0.29) is 24.0 Å². The Morgan fingerprint density at radius 1 is 1.29 bits per heavy atom. The van der Waals surface area contributed by atoms with E-state index in [1.54, 1.807) is 10.3 Å². The minimum atomic E-state index is -0.201. The van der Waals surface area contributed by atoms with E-state index in [0.29, 0.717) is 23.9 Å². The molecule has 2 atom stereocenters. The number of nitrogens with zero attached hydrogens (tertiary/aromatic N) is 2. The first-order valence-electron chi connectivity index (χ1n) is 7.75. The molecule has 1 aliphatic heterocycles. The number of ether oxygens (including phenoxy) is 1. The lowest BCUT2D eigenvalue weighted by molar-refractivity contribution is -0.114. The molecular weight excluding hydrogens is 326 g/mol. The van der Waals surface area contributed by atoms with Crippen molar-refractivity contribution in [1.29, 1.82) is 0 Å². The van der Waals surface area contributed by atoms with E-state index in [0.717, 1.165) is 5.56 Å². The maximum absolute atomic E-state index is 12.7. The van der Waals surface area contributed by atoms with Crippen LogP contribution in [-0.4, -0.2) is 40.9 Å². The van der Waals surface area contributed by atoms with Crippen LogP contribution in [0.5, 0.6) is 0 Å². The molecule has 1 saturated heterocycles. The Hall–Kier alpha value is -2.25. The summed E-state index contributed by atoms with van der Waals surface area (Å²) in [6.45, 7) is 4.38. The summed E-state index contributed by atoms with van der Waals surface area (Å²) in [7, 11) is 0. The maximum atomic E-state index is 12.7. The van der Waals surface area contributed by atoms with Gasteiger partial charge in [-0.3, -0.25) is 9.59 Å². The number of aromatic nitrogens is 1. The summed E-state index contributed by atoms with van der Waals surface area (Å²) in [6.07, 6.45) is -0.200. The molecule has 7 heteroatoms. The van der Waals surface area contributed by atoms with Gasteiger partial charge in [0.1, 0.15) is 11.8 Å². The van der Waals surface area contributed by atoms with Gasteiger partial charge in [0.05, 0.1) is 12.6 Å². The lowest BCUT2D eigenvalue weighted by Crippen LogP contribution is -2.46. The van der Waals surface area contributed by atoms with E-state index < -0.39 is 0 Å². The smallest absolute Gasteiger partial charge is 0.273 e. The summed E-state index contributed by atoms with van der Waals surface area (Å²) in [6, 6.07) is 9.89. The predicted molar refractivity (Wildman–Crippen MR) is 92.1 cm³/mol. The van der Waals surface area contributed by atoms with E-state index in [2.05, 4.69) is 10.3 Å². The van der Waals surface area contributed by atoms with Gasteiger partial charge in [0.25, 0.3) is 5.91 Å². The number of amides is 2. The monoisotopic (exact) mass is 345 g/mol. The molecule has 3 rings (SSSR count). The molecule has 0 aliphatic carbocycles. The fraction of sp³-hybridized carbons (Fsp3) is 0.353. The standard InChI is InChI=1S/C17H19N3O3S/c1-11-8-20(9-15(23-11)13-6-4-3-5-7-13)16(22)14-10-24-17(19-14)18-12(2)21/h3-7,10-11,15H,8-9H2,1-2H3,(H,18,19,21)/t11-,15-/m0/s1. The first-order valence-corrected chi connectivity index (χ1v) is 8.63. The van der Waals surface area contributed by atoms with Gasteiger partial charge in [0.15, 0.2) is 5.13 Å². The second-order valence-electron chi connectivity index (χ2n) is 5.78.